The molecule has 2 heterocycles. The first-order chi connectivity index (χ1) is 15.8. The van der Waals surface area contributed by atoms with E-state index in [9.17, 15) is 17.6 Å². The third kappa shape index (κ3) is 4.39. The zero-order chi connectivity index (χ0) is 23.2. The SMILES string of the molecule is Cc1ncc(-n2cc(CC(=O)N[C@@H]3CC[C@@H]3S(=O)(=O)c3ccc(F)cc3)c(C3CC3)n2)cn1. The number of aromatic nitrogens is 4. The highest BCUT2D eigenvalue weighted by Gasteiger charge is 2.42. The molecule has 0 radical (unpaired) electrons. The molecule has 2 aromatic heterocycles. The molecule has 5 rings (SSSR count). The van der Waals surface area contributed by atoms with Gasteiger partial charge in [0.1, 0.15) is 17.3 Å². The summed E-state index contributed by atoms with van der Waals surface area (Å²) in [6.07, 6.45) is 8.46. The monoisotopic (exact) mass is 469 g/mol. The van der Waals surface area contributed by atoms with E-state index >= 15 is 0 Å². The highest BCUT2D eigenvalue weighted by Crippen LogP contribution is 2.41. The average Bonchev–Trinajstić information content (AvgIpc) is 3.52. The molecule has 33 heavy (non-hydrogen) atoms. The number of halogens is 1. The van der Waals surface area contributed by atoms with Crippen LogP contribution in [-0.2, 0) is 21.1 Å². The fraction of sp³-hybridized carbons (Fsp3) is 0.391. The summed E-state index contributed by atoms with van der Waals surface area (Å²) in [5.74, 6) is 0.284. The number of rotatable bonds is 7. The van der Waals surface area contributed by atoms with Crippen LogP contribution >= 0.6 is 0 Å². The molecular formula is C23H24FN5O3S. The summed E-state index contributed by atoms with van der Waals surface area (Å²) < 4.78 is 40.7. The van der Waals surface area contributed by atoms with Gasteiger partial charge >= 0.3 is 0 Å². The molecule has 2 aliphatic rings. The molecule has 1 amide bonds. The Kier molecular flexibility index (Phi) is 5.48. The van der Waals surface area contributed by atoms with Crippen LogP contribution in [0.15, 0.2) is 47.8 Å². The predicted octanol–water partition coefficient (Wildman–Crippen LogP) is 2.65. The minimum absolute atomic E-state index is 0.0745. The van der Waals surface area contributed by atoms with Gasteiger partial charge in [-0.15, -0.1) is 0 Å². The summed E-state index contributed by atoms with van der Waals surface area (Å²) in [6, 6.07) is 4.35. The molecule has 0 unspecified atom stereocenters. The van der Waals surface area contributed by atoms with E-state index in [-0.39, 0.29) is 17.2 Å². The molecule has 2 saturated carbocycles. The highest BCUT2D eigenvalue weighted by molar-refractivity contribution is 7.92. The van der Waals surface area contributed by atoms with Crippen molar-refractivity contribution in [3.05, 3.63) is 65.8 Å². The summed E-state index contributed by atoms with van der Waals surface area (Å²) in [4.78, 5) is 21.3. The van der Waals surface area contributed by atoms with Crippen LogP contribution < -0.4 is 5.32 Å². The lowest BCUT2D eigenvalue weighted by molar-refractivity contribution is -0.121. The zero-order valence-corrected chi connectivity index (χ0v) is 18.9. The average molecular weight is 470 g/mol. The predicted molar refractivity (Wildman–Crippen MR) is 118 cm³/mol. The molecule has 3 aromatic rings. The standard InChI is InChI=1S/C23H24FN5O3S/c1-14-25-11-18(12-26-14)29-13-16(23(28-29)15-2-3-15)10-22(30)27-20-8-9-21(20)33(31,32)19-6-4-17(24)5-7-19/h4-7,11-13,15,20-21H,2-3,8-10H2,1H3,(H,27,30)/t20-,21+/m1/s1. The Morgan fingerprint density at radius 1 is 1.12 bits per heavy atom. The van der Waals surface area contributed by atoms with E-state index < -0.39 is 26.9 Å². The number of carbonyl (C=O) groups excluding carboxylic acids is 1. The molecule has 2 fully saturated rings. The van der Waals surface area contributed by atoms with E-state index in [0.29, 0.717) is 24.6 Å². The van der Waals surface area contributed by atoms with Gasteiger partial charge in [-0.05, 0) is 56.9 Å². The Morgan fingerprint density at radius 3 is 2.42 bits per heavy atom. The summed E-state index contributed by atoms with van der Waals surface area (Å²) in [7, 11) is -3.65. The maximum absolute atomic E-state index is 13.2. The van der Waals surface area contributed by atoms with Crippen molar-refractivity contribution < 1.29 is 17.6 Å². The number of sulfone groups is 1. The van der Waals surface area contributed by atoms with Crippen molar-refractivity contribution in [3.63, 3.8) is 0 Å². The van der Waals surface area contributed by atoms with E-state index in [1.54, 1.807) is 17.1 Å². The number of carbonyl (C=O) groups is 1. The van der Waals surface area contributed by atoms with Gasteiger partial charge in [0.05, 0.1) is 34.7 Å². The van der Waals surface area contributed by atoms with Crippen molar-refractivity contribution in [1.29, 1.82) is 0 Å². The van der Waals surface area contributed by atoms with Crippen LogP contribution in [0.1, 0.15) is 48.7 Å². The molecule has 172 valence electrons. The van der Waals surface area contributed by atoms with Gasteiger partial charge in [-0.2, -0.15) is 5.10 Å². The molecule has 0 bridgehead atoms. The number of amides is 1. The second-order valence-electron chi connectivity index (χ2n) is 8.71. The van der Waals surface area contributed by atoms with Crippen molar-refractivity contribution in [3.8, 4) is 5.69 Å². The van der Waals surface area contributed by atoms with E-state index in [1.807, 2.05) is 13.1 Å². The van der Waals surface area contributed by atoms with Gasteiger partial charge in [0, 0.05) is 23.7 Å². The van der Waals surface area contributed by atoms with Gasteiger partial charge in [-0.3, -0.25) is 4.79 Å². The maximum atomic E-state index is 13.2. The molecule has 2 atom stereocenters. The first-order valence-corrected chi connectivity index (χ1v) is 12.5. The Hall–Kier alpha value is -3.14. The molecule has 2 aliphatic carbocycles. The molecule has 10 heteroatoms. The van der Waals surface area contributed by atoms with Crippen LogP contribution in [0.4, 0.5) is 4.39 Å². The number of nitrogens with zero attached hydrogens (tertiary/aromatic N) is 4. The molecule has 0 spiro atoms. The number of nitrogens with one attached hydrogen (secondary N) is 1. The fourth-order valence-corrected chi connectivity index (χ4v) is 6.08. The zero-order valence-electron chi connectivity index (χ0n) is 18.1. The Balaban J connectivity index is 1.29. The van der Waals surface area contributed by atoms with E-state index in [1.165, 1.54) is 12.1 Å². The van der Waals surface area contributed by atoms with Crippen molar-refractivity contribution in [1.82, 2.24) is 25.1 Å². The summed E-state index contributed by atoms with van der Waals surface area (Å²) >= 11 is 0. The van der Waals surface area contributed by atoms with Crippen LogP contribution in [0.25, 0.3) is 5.69 Å². The van der Waals surface area contributed by atoms with Crippen LogP contribution in [0, 0.1) is 12.7 Å². The Labute approximate surface area is 191 Å². The van der Waals surface area contributed by atoms with E-state index in [4.69, 9.17) is 0 Å². The fourth-order valence-electron chi connectivity index (χ4n) is 4.13. The van der Waals surface area contributed by atoms with Crippen molar-refractivity contribution >= 4 is 15.7 Å². The summed E-state index contributed by atoms with van der Waals surface area (Å²) in [5.41, 5.74) is 2.45. The topological polar surface area (TPSA) is 107 Å². The molecular weight excluding hydrogens is 445 g/mol. The highest BCUT2D eigenvalue weighted by atomic mass is 32.2. The number of hydrogen-bond acceptors (Lipinski definition) is 6. The quantitative estimate of drug-likeness (QED) is 0.533. The molecule has 8 nitrogen and oxygen atoms in total. The minimum atomic E-state index is -3.65. The van der Waals surface area contributed by atoms with Crippen molar-refractivity contribution in [2.75, 3.05) is 0 Å². The van der Waals surface area contributed by atoms with Crippen LogP contribution in [-0.4, -0.2) is 45.4 Å². The molecule has 1 N–H and O–H groups in total. The lowest BCUT2D eigenvalue weighted by Crippen LogP contribution is -2.54. The number of aryl methyl sites for hydroxylation is 1. The van der Waals surface area contributed by atoms with Crippen LogP contribution in [0.5, 0.6) is 0 Å². The Morgan fingerprint density at radius 2 is 1.82 bits per heavy atom. The van der Waals surface area contributed by atoms with Gasteiger partial charge in [0.2, 0.25) is 5.91 Å². The Bertz CT molecular complexity index is 1280. The lowest BCUT2D eigenvalue weighted by atomic mass is 9.92. The van der Waals surface area contributed by atoms with Gasteiger partial charge in [0.15, 0.2) is 9.84 Å². The first-order valence-electron chi connectivity index (χ1n) is 11.0. The third-order valence-corrected chi connectivity index (χ3v) is 8.56. The normalized spacial score (nSPS) is 20.3. The second kappa shape index (κ2) is 8.33. The number of hydrogen-bond donors (Lipinski definition) is 1. The maximum Gasteiger partial charge on any atom is 0.224 e. The van der Waals surface area contributed by atoms with Crippen molar-refractivity contribution in [2.24, 2.45) is 0 Å². The first kappa shape index (κ1) is 21.7. The van der Waals surface area contributed by atoms with Gasteiger partial charge in [-0.25, -0.2) is 27.5 Å². The summed E-state index contributed by atoms with van der Waals surface area (Å²) in [5, 5.41) is 6.85. The summed E-state index contributed by atoms with van der Waals surface area (Å²) in [6.45, 7) is 1.81. The third-order valence-electron chi connectivity index (χ3n) is 6.27. The molecule has 1 aromatic carbocycles. The number of benzene rings is 1. The smallest absolute Gasteiger partial charge is 0.224 e. The van der Waals surface area contributed by atoms with E-state index in [2.05, 4.69) is 20.4 Å². The van der Waals surface area contributed by atoms with Gasteiger partial charge in [0.25, 0.3) is 0 Å². The largest absolute Gasteiger partial charge is 0.352 e. The minimum Gasteiger partial charge on any atom is -0.352 e. The molecule has 0 saturated heterocycles. The van der Waals surface area contributed by atoms with Gasteiger partial charge < -0.3 is 5.32 Å². The molecule has 0 aliphatic heterocycles. The van der Waals surface area contributed by atoms with Crippen molar-refractivity contribution in [2.45, 2.75) is 61.1 Å². The second-order valence-corrected chi connectivity index (χ2v) is 10.9. The van der Waals surface area contributed by atoms with Crippen LogP contribution in [0.2, 0.25) is 0 Å². The van der Waals surface area contributed by atoms with E-state index in [0.717, 1.165) is 41.9 Å². The van der Waals surface area contributed by atoms with Crippen LogP contribution in [0.3, 0.4) is 0 Å². The lowest BCUT2D eigenvalue weighted by Gasteiger charge is -2.36. The van der Waals surface area contributed by atoms with Gasteiger partial charge in [-0.1, -0.05) is 0 Å².